The van der Waals surface area contributed by atoms with Gasteiger partial charge in [0, 0.05) is 30.5 Å². The predicted octanol–water partition coefficient (Wildman–Crippen LogP) is 3.15. The van der Waals surface area contributed by atoms with Crippen molar-refractivity contribution in [2.75, 3.05) is 32.9 Å². The Hall–Kier alpha value is -1.75. The van der Waals surface area contributed by atoms with Gasteiger partial charge in [0.1, 0.15) is 5.75 Å². The summed E-state index contributed by atoms with van der Waals surface area (Å²) in [6.07, 6.45) is 4.67. The van der Waals surface area contributed by atoms with Crippen LogP contribution in [0.3, 0.4) is 0 Å². The zero-order chi connectivity index (χ0) is 17.3. The van der Waals surface area contributed by atoms with E-state index in [1.165, 1.54) is 24.8 Å². The molecule has 5 nitrogen and oxygen atoms in total. The fourth-order valence-electron chi connectivity index (χ4n) is 4.10. The minimum Gasteiger partial charge on any atom is -0.494 e. The molecule has 2 amide bonds. The highest BCUT2D eigenvalue weighted by atomic mass is 16.5. The molecule has 0 bridgehead atoms. The van der Waals surface area contributed by atoms with Crippen molar-refractivity contribution in [1.82, 2.24) is 10.2 Å². The first kappa shape index (κ1) is 16.7. The normalized spacial score (nSPS) is 27.3. The first-order valence-electron chi connectivity index (χ1n) is 9.55. The molecule has 2 atom stereocenters. The molecule has 1 aromatic carbocycles. The summed E-state index contributed by atoms with van der Waals surface area (Å²) in [7, 11) is 0. The van der Waals surface area contributed by atoms with E-state index in [1.54, 1.807) is 0 Å². The lowest BCUT2D eigenvalue weighted by molar-refractivity contribution is 0.0126. The van der Waals surface area contributed by atoms with Crippen LogP contribution in [0, 0.1) is 5.41 Å². The number of rotatable bonds is 4. The van der Waals surface area contributed by atoms with Crippen LogP contribution in [0.2, 0.25) is 0 Å². The summed E-state index contributed by atoms with van der Waals surface area (Å²) in [5, 5.41) is 3.23. The lowest BCUT2D eigenvalue weighted by Crippen LogP contribution is -2.49. The average Bonchev–Trinajstić information content (AvgIpc) is 3.37. The minimum absolute atomic E-state index is 0.0789. The monoisotopic (exact) mass is 344 g/mol. The van der Waals surface area contributed by atoms with E-state index in [4.69, 9.17) is 9.47 Å². The molecule has 2 aliphatic carbocycles. The molecular weight excluding hydrogens is 316 g/mol. The molecular formula is C20H28N2O3. The summed E-state index contributed by atoms with van der Waals surface area (Å²) in [6, 6.07) is 8.60. The van der Waals surface area contributed by atoms with Gasteiger partial charge >= 0.3 is 6.03 Å². The Balaban J connectivity index is 1.31. The Morgan fingerprint density at radius 1 is 1.36 bits per heavy atom. The second kappa shape index (κ2) is 6.87. The maximum atomic E-state index is 12.7. The van der Waals surface area contributed by atoms with Gasteiger partial charge in [-0.1, -0.05) is 18.6 Å². The van der Waals surface area contributed by atoms with Gasteiger partial charge in [-0.15, -0.1) is 0 Å². The summed E-state index contributed by atoms with van der Waals surface area (Å²) in [6.45, 7) is 5.69. The number of urea groups is 1. The standard InChI is InChI=1S/C20H28N2O3/c1-2-25-16-6-4-15(5-7-16)17-12-18(17)21-19(23)22-10-11-24-14-20(13-22)8-3-9-20/h4-7,17-18H,2-3,8-14H2,1H3,(H,21,23)/t17-,18+/m0/s1. The maximum absolute atomic E-state index is 12.7. The minimum atomic E-state index is 0.0789. The van der Waals surface area contributed by atoms with Crippen molar-refractivity contribution in [1.29, 1.82) is 0 Å². The van der Waals surface area contributed by atoms with E-state index in [9.17, 15) is 4.79 Å². The zero-order valence-electron chi connectivity index (χ0n) is 15.0. The molecule has 136 valence electrons. The van der Waals surface area contributed by atoms with Gasteiger partial charge in [0.2, 0.25) is 0 Å². The second-order valence-electron chi connectivity index (χ2n) is 7.73. The number of nitrogens with zero attached hydrogens (tertiary/aromatic N) is 1. The molecule has 0 unspecified atom stereocenters. The third kappa shape index (κ3) is 3.61. The maximum Gasteiger partial charge on any atom is 0.317 e. The van der Waals surface area contributed by atoms with Gasteiger partial charge in [0.15, 0.2) is 0 Å². The third-order valence-electron chi connectivity index (χ3n) is 5.86. The van der Waals surface area contributed by atoms with Crippen molar-refractivity contribution in [3.05, 3.63) is 29.8 Å². The molecule has 1 heterocycles. The predicted molar refractivity (Wildman–Crippen MR) is 96.0 cm³/mol. The number of hydrogen-bond acceptors (Lipinski definition) is 3. The third-order valence-corrected chi connectivity index (χ3v) is 5.86. The molecule has 3 fully saturated rings. The van der Waals surface area contributed by atoms with E-state index in [0.29, 0.717) is 25.7 Å². The number of carbonyl (C=O) groups excluding carboxylic acids is 1. The molecule has 1 saturated heterocycles. The number of carbonyl (C=O) groups is 1. The Morgan fingerprint density at radius 2 is 2.16 bits per heavy atom. The topological polar surface area (TPSA) is 50.8 Å². The van der Waals surface area contributed by atoms with Crippen LogP contribution in [0.1, 0.15) is 44.1 Å². The van der Waals surface area contributed by atoms with Crippen LogP contribution < -0.4 is 10.1 Å². The second-order valence-corrected chi connectivity index (χ2v) is 7.73. The van der Waals surface area contributed by atoms with Gasteiger partial charge in [0.05, 0.1) is 19.8 Å². The highest BCUT2D eigenvalue weighted by Crippen LogP contribution is 2.43. The van der Waals surface area contributed by atoms with Crippen molar-refractivity contribution in [2.24, 2.45) is 5.41 Å². The van der Waals surface area contributed by atoms with Gasteiger partial charge in [0.25, 0.3) is 0 Å². The van der Waals surface area contributed by atoms with Crippen molar-refractivity contribution in [2.45, 2.75) is 44.6 Å². The largest absolute Gasteiger partial charge is 0.494 e. The summed E-state index contributed by atoms with van der Waals surface area (Å²) >= 11 is 0. The van der Waals surface area contributed by atoms with E-state index in [2.05, 4.69) is 17.4 Å². The molecule has 3 aliphatic rings. The average molecular weight is 344 g/mol. The Morgan fingerprint density at radius 3 is 2.84 bits per heavy atom. The van der Waals surface area contributed by atoms with Gasteiger partial charge < -0.3 is 19.7 Å². The summed E-state index contributed by atoms with van der Waals surface area (Å²) in [5.41, 5.74) is 1.51. The summed E-state index contributed by atoms with van der Waals surface area (Å²) in [5.74, 6) is 1.34. The van der Waals surface area contributed by atoms with Crippen molar-refractivity contribution in [3.63, 3.8) is 0 Å². The van der Waals surface area contributed by atoms with Crippen LogP contribution in [-0.4, -0.2) is 49.9 Å². The van der Waals surface area contributed by atoms with Gasteiger partial charge in [-0.25, -0.2) is 4.79 Å². The molecule has 25 heavy (non-hydrogen) atoms. The number of amides is 2. The molecule has 1 N–H and O–H groups in total. The molecule has 0 radical (unpaired) electrons. The first-order chi connectivity index (χ1) is 12.2. The number of nitrogens with one attached hydrogen (secondary N) is 1. The summed E-state index contributed by atoms with van der Waals surface area (Å²) < 4.78 is 11.2. The van der Waals surface area contributed by atoms with Crippen LogP contribution in [0.25, 0.3) is 0 Å². The van der Waals surface area contributed by atoms with Gasteiger partial charge in [-0.2, -0.15) is 0 Å². The molecule has 1 aromatic rings. The molecule has 1 spiro atoms. The highest BCUT2D eigenvalue weighted by Gasteiger charge is 2.44. The Labute approximate surface area is 149 Å². The van der Waals surface area contributed by atoms with E-state index in [-0.39, 0.29) is 17.5 Å². The van der Waals surface area contributed by atoms with E-state index in [0.717, 1.165) is 25.3 Å². The van der Waals surface area contributed by atoms with Crippen LogP contribution in [0.15, 0.2) is 24.3 Å². The van der Waals surface area contributed by atoms with Crippen molar-refractivity contribution in [3.8, 4) is 5.75 Å². The smallest absolute Gasteiger partial charge is 0.317 e. The number of ether oxygens (including phenoxy) is 2. The van der Waals surface area contributed by atoms with E-state index >= 15 is 0 Å². The molecule has 5 heteroatoms. The summed E-state index contributed by atoms with van der Waals surface area (Å²) in [4.78, 5) is 14.7. The lowest BCUT2D eigenvalue weighted by Gasteiger charge is -2.42. The molecule has 2 saturated carbocycles. The lowest BCUT2D eigenvalue weighted by atomic mass is 9.69. The molecule has 4 rings (SSSR count). The van der Waals surface area contributed by atoms with Gasteiger partial charge in [-0.05, 0) is 43.9 Å². The van der Waals surface area contributed by atoms with Crippen LogP contribution in [-0.2, 0) is 4.74 Å². The highest BCUT2D eigenvalue weighted by molar-refractivity contribution is 5.75. The van der Waals surface area contributed by atoms with Gasteiger partial charge in [-0.3, -0.25) is 0 Å². The SMILES string of the molecule is CCOc1ccc([C@@H]2C[C@H]2NC(=O)N2CCOCC3(CCC3)C2)cc1. The fourth-order valence-corrected chi connectivity index (χ4v) is 4.10. The van der Waals surface area contributed by atoms with Crippen molar-refractivity contribution < 1.29 is 14.3 Å². The zero-order valence-corrected chi connectivity index (χ0v) is 15.0. The fraction of sp³-hybridized carbons (Fsp3) is 0.650. The molecule has 0 aromatic heterocycles. The quantitative estimate of drug-likeness (QED) is 0.913. The van der Waals surface area contributed by atoms with Crippen LogP contribution >= 0.6 is 0 Å². The van der Waals surface area contributed by atoms with E-state index in [1.807, 2.05) is 24.0 Å². The number of benzene rings is 1. The molecule has 1 aliphatic heterocycles. The number of hydrogen-bond donors (Lipinski definition) is 1. The van der Waals surface area contributed by atoms with E-state index < -0.39 is 0 Å². The first-order valence-corrected chi connectivity index (χ1v) is 9.55. The Bertz CT molecular complexity index is 612. The Kier molecular flexibility index (Phi) is 4.59. The van der Waals surface area contributed by atoms with Crippen LogP contribution in [0.5, 0.6) is 5.75 Å². The van der Waals surface area contributed by atoms with Crippen LogP contribution in [0.4, 0.5) is 4.79 Å². The van der Waals surface area contributed by atoms with Crippen molar-refractivity contribution >= 4 is 6.03 Å².